The lowest BCUT2D eigenvalue weighted by Gasteiger charge is -2.29. The molecule has 2 heterocycles. The number of benzene rings is 1. The number of quaternary nitrogens is 1. The number of fused-ring (bicyclic) bond motifs is 1. The molecule has 3 N–H and O–H groups in total. The molecule has 132 valence electrons. The van der Waals surface area contributed by atoms with Crippen LogP contribution in [-0.4, -0.2) is 35.2 Å². The molecule has 0 unspecified atom stereocenters. The van der Waals surface area contributed by atoms with Crippen molar-refractivity contribution in [2.75, 3.05) is 13.1 Å². The molecule has 1 saturated heterocycles. The van der Waals surface area contributed by atoms with Crippen molar-refractivity contribution in [1.82, 2.24) is 15.5 Å². The van der Waals surface area contributed by atoms with Gasteiger partial charge in [-0.1, -0.05) is 30.3 Å². The number of hydrogen-bond donors (Lipinski definition) is 3. The third-order valence-corrected chi connectivity index (χ3v) is 5.60. The van der Waals surface area contributed by atoms with Gasteiger partial charge in [0.2, 0.25) is 0 Å². The Balaban J connectivity index is 1.30. The average molecular weight is 339 g/mol. The lowest BCUT2D eigenvalue weighted by Crippen LogP contribution is -3.12. The Morgan fingerprint density at radius 1 is 1.16 bits per heavy atom. The second-order valence-electron chi connectivity index (χ2n) is 7.40. The Hall–Kier alpha value is -2.14. The number of aryl methyl sites for hydroxylation is 1. The summed E-state index contributed by atoms with van der Waals surface area (Å²) in [4.78, 5) is 14.2. The summed E-state index contributed by atoms with van der Waals surface area (Å²) in [5.41, 5.74) is 4.34. The minimum absolute atomic E-state index is 0.0101. The van der Waals surface area contributed by atoms with Gasteiger partial charge in [0.25, 0.3) is 5.91 Å². The van der Waals surface area contributed by atoms with Gasteiger partial charge >= 0.3 is 0 Å². The van der Waals surface area contributed by atoms with Crippen LogP contribution in [0.3, 0.4) is 0 Å². The monoisotopic (exact) mass is 339 g/mol. The summed E-state index contributed by atoms with van der Waals surface area (Å²) in [6, 6.07) is 10.9. The maximum atomic E-state index is 12.6. The van der Waals surface area contributed by atoms with Crippen molar-refractivity contribution >= 4 is 5.91 Å². The van der Waals surface area contributed by atoms with Crippen molar-refractivity contribution < 1.29 is 9.69 Å². The van der Waals surface area contributed by atoms with Crippen LogP contribution in [0.1, 0.15) is 53.0 Å². The van der Waals surface area contributed by atoms with Gasteiger partial charge in [0, 0.05) is 35.7 Å². The van der Waals surface area contributed by atoms with Crippen molar-refractivity contribution in [3.8, 4) is 0 Å². The molecule has 1 amide bonds. The minimum Gasteiger partial charge on any atom is -0.347 e. The normalized spacial score (nSPS) is 23.0. The molecule has 5 nitrogen and oxygen atoms in total. The Labute approximate surface area is 148 Å². The lowest BCUT2D eigenvalue weighted by molar-refractivity contribution is -0.918. The van der Waals surface area contributed by atoms with E-state index in [-0.39, 0.29) is 11.9 Å². The van der Waals surface area contributed by atoms with E-state index >= 15 is 0 Å². The summed E-state index contributed by atoms with van der Waals surface area (Å²) in [7, 11) is 0. The van der Waals surface area contributed by atoms with Crippen molar-refractivity contribution in [3.63, 3.8) is 0 Å². The van der Waals surface area contributed by atoms with Crippen LogP contribution >= 0.6 is 0 Å². The Bertz CT molecular complexity index is 717. The first kappa shape index (κ1) is 16.3. The van der Waals surface area contributed by atoms with Gasteiger partial charge < -0.3 is 10.2 Å². The number of aromatic nitrogens is 2. The molecule has 0 atom stereocenters. The SMILES string of the molecule is O=C(NC1CC[NH+](Cc2ccccc2)CC1)c1n[nH]c2c1CCCC2. The van der Waals surface area contributed by atoms with Crippen LogP contribution in [0.25, 0.3) is 0 Å². The van der Waals surface area contributed by atoms with Gasteiger partial charge in [0.05, 0.1) is 13.1 Å². The smallest absolute Gasteiger partial charge is 0.272 e. The Morgan fingerprint density at radius 3 is 2.72 bits per heavy atom. The van der Waals surface area contributed by atoms with Crippen molar-refractivity contribution in [1.29, 1.82) is 0 Å². The Morgan fingerprint density at radius 2 is 1.92 bits per heavy atom. The highest BCUT2D eigenvalue weighted by atomic mass is 16.2. The molecular formula is C20H27N4O+. The van der Waals surface area contributed by atoms with E-state index in [1.807, 2.05) is 0 Å². The van der Waals surface area contributed by atoms with E-state index in [4.69, 9.17) is 0 Å². The number of amides is 1. The Kier molecular flexibility index (Phi) is 4.83. The van der Waals surface area contributed by atoms with Crippen LogP contribution in [0.5, 0.6) is 0 Å². The minimum atomic E-state index is 0.0101. The summed E-state index contributed by atoms with van der Waals surface area (Å²) in [5, 5.41) is 10.6. The van der Waals surface area contributed by atoms with Crippen LogP contribution in [0.2, 0.25) is 0 Å². The van der Waals surface area contributed by atoms with E-state index in [0.717, 1.165) is 57.3 Å². The second-order valence-corrected chi connectivity index (χ2v) is 7.40. The fourth-order valence-electron chi connectivity index (χ4n) is 4.15. The molecule has 1 aromatic heterocycles. The molecule has 0 spiro atoms. The average Bonchev–Trinajstić information content (AvgIpc) is 3.08. The standard InChI is InChI=1S/C20H26N4O/c25-20(19-17-8-4-5-9-18(17)22-23-19)21-16-10-12-24(13-11-16)14-15-6-2-1-3-7-15/h1-3,6-7,16H,4-5,8-14H2,(H,21,25)(H,22,23)/p+1. The summed E-state index contributed by atoms with van der Waals surface area (Å²) >= 11 is 0. The molecule has 1 aliphatic carbocycles. The summed E-state index contributed by atoms with van der Waals surface area (Å²) in [5.74, 6) is 0.0101. The highest BCUT2D eigenvalue weighted by Gasteiger charge is 2.27. The van der Waals surface area contributed by atoms with Crippen LogP contribution in [0.4, 0.5) is 0 Å². The molecule has 2 aliphatic rings. The third-order valence-electron chi connectivity index (χ3n) is 5.60. The molecule has 0 saturated carbocycles. The van der Waals surface area contributed by atoms with Gasteiger partial charge in [-0.05, 0) is 25.7 Å². The maximum absolute atomic E-state index is 12.6. The molecule has 1 aromatic carbocycles. The number of nitrogens with zero attached hydrogens (tertiary/aromatic N) is 1. The first-order chi connectivity index (χ1) is 12.3. The topological polar surface area (TPSA) is 62.2 Å². The first-order valence-corrected chi connectivity index (χ1v) is 9.54. The van der Waals surface area contributed by atoms with Gasteiger partial charge in [0.1, 0.15) is 6.54 Å². The molecule has 5 heteroatoms. The lowest BCUT2D eigenvalue weighted by atomic mass is 9.95. The van der Waals surface area contributed by atoms with Crippen molar-refractivity contribution in [2.24, 2.45) is 0 Å². The number of hydrogen-bond acceptors (Lipinski definition) is 2. The zero-order valence-corrected chi connectivity index (χ0v) is 14.7. The van der Waals surface area contributed by atoms with Gasteiger partial charge in [-0.25, -0.2) is 0 Å². The molecule has 0 bridgehead atoms. The largest absolute Gasteiger partial charge is 0.347 e. The summed E-state index contributed by atoms with van der Waals surface area (Å²) in [6.45, 7) is 3.30. The number of rotatable bonds is 4. The van der Waals surface area contributed by atoms with Crippen LogP contribution < -0.4 is 10.2 Å². The molecule has 0 radical (unpaired) electrons. The molecule has 25 heavy (non-hydrogen) atoms. The number of piperidine rings is 1. The number of carbonyl (C=O) groups excluding carboxylic acids is 1. The zero-order valence-electron chi connectivity index (χ0n) is 14.7. The van der Waals surface area contributed by atoms with Crippen LogP contribution in [0.15, 0.2) is 30.3 Å². The zero-order chi connectivity index (χ0) is 17.1. The molecule has 1 fully saturated rings. The van der Waals surface area contributed by atoms with Crippen molar-refractivity contribution in [2.45, 2.75) is 51.1 Å². The van der Waals surface area contributed by atoms with Crippen LogP contribution in [-0.2, 0) is 19.4 Å². The summed E-state index contributed by atoms with van der Waals surface area (Å²) < 4.78 is 0. The predicted molar refractivity (Wildman–Crippen MR) is 96.6 cm³/mol. The van der Waals surface area contributed by atoms with Gasteiger partial charge in [-0.15, -0.1) is 0 Å². The van der Waals surface area contributed by atoms with E-state index in [2.05, 4.69) is 45.8 Å². The number of likely N-dealkylation sites (tertiary alicyclic amines) is 1. The van der Waals surface area contributed by atoms with E-state index in [1.54, 1.807) is 4.90 Å². The predicted octanol–water partition coefficient (Wildman–Crippen LogP) is 1.27. The number of nitrogens with one attached hydrogen (secondary N) is 3. The molecule has 1 aliphatic heterocycles. The van der Waals surface area contributed by atoms with Gasteiger partial charge in [-0.2, -0.15) is 5.10 Å². The maximum Gasteiger partial charge on any atom is 0.272 e. The number of aromatic amines is 1. The van der Waals surface area contributed by atoms with Gasteiger partial charge in [-0.3, -0.25) is 9.89 Å². The van der Waals surface area contributed by atoms with E-state index < -0.39 is 0 Å². The third kappa shape index (κ3) is 3.76. The molecule has 4 rings (SSSR count). The van der Waals surface area contributed by atoms with Crippen LogP contribution in [0, 0.1) is 0 Å². The highest BCUT2D eigenvalue weighted by Crippen LogP contribution is 2.22. The van der Waals surface area contributed by atoms with E-state index in [0.29, 0.717) is 5.69 Å². The second kappa shape index (κ2) is 7.40. The van der Waals surface area contributed by atoms with E-state index in [1.165, 1.54) is 17.7 Å². The quantitative estimate of drug-likeness (QED) is 0.785. The number of carbonyl (C=O) groups is 1. The fourth-order valence-corrected chi connectivity index (χ4v) is 4.15. The first-order valence-electron chi connectivity index (χ1n) is 9.54. The number of H-pyrrole nitrogens is 1. The highest BCUT2D eigenvalue weighted by molar-refractivity contribution is 5.94. The van der Waals surface area contributed by atoms with Crippen molar-refractivity contribution in [3.05, 3.63) is 52.8 Å². The molecular weight excluding hydrogens is 312 g/mol. The van der Waals surface area contributed by atoms with Gasteiger partial charge in [0.15, 0.2) is 5.69 Å². The fraction of sp³-hybridized carbons (Fsp3) is 0.500. The summed E-state index contributed by atoms with van der Waals surface area (Å²) in [6.07, 6.45) is 6.44. The molecule has 2 aromatic rings. The van der Waals surface area contributed by atoms with E-state index in [9.17, 15) is 4.79 Å².